The molecule has 0 atom stereocenters. The molecule has 0 spiro atoms. The van der Waals surface area contributed by atoms with E-state index < -0.39 is 0 Å². The first-order valence-corrected chi connectivity index (χ1v) is 8.08. The van der Waals surface area contributed by atoms with Gasteiger partial charge in [-0.1, -0.05) is 20.8 Å². The summed E-state index contributed by atoms with van der Waals surface area (Å²) in [5.74, 6) is 1.84. The summed E-state index contributed by atoms with van der Waals surface area (Å²) in [6.45, 7) is 9.46. The lowest BCUT2D eigenvalue weighted by Gasteiger charge is -2.34. The van der Waals surface area contributed by atoms with Crippen LogP contribution in [0.15, 0.2) is 12.4 Å². The van der Waals surface area contributed by atoms with Crippen molar-refractivity contribution in [3.05, 3.63) is 18.2 Å². The Hall–Kier alpha value is -2.18. The number of nitrogens with zero attached hydrogens (tertiary/aromatic N) is 5. The number of anilines is 1. The Balaban J connectivity index is 1.68. The molecule has 0 saturated carbocycles. The van der Waals surface area contributed by atoms with Crippen LogP contribution in [0.4, 0.5) is 5.82 Å². The van der Waals surface area contributed by atoms with Crippen LogP contribution in [-0.4, -0.2) is 44.6 Å². The molecule has 7 heteroatoms. The zero-order valence-electron chi connectivity index (χ0n) is 14.2. The molecule has 1 aliphatic heterocycles. The van der Waals surface area contributed by atoms with Gasteiger partial charge in [0.15, 0.2) is 5.82 Å². The quantitative estimate of drug-likeness (QED) is 0.910. The largest absolute Gasteiger partial charge is 0.353 e. The molecule has 0 aliphatic carbocycles. The van der Waals surface area contributed by atoms with Gasteiger partial charge in [0.25, 0.3) is 0 Å². The maximum Gasteiger partial charge on any atom is 0.225 e. The van der Waals surface area contributed by atoms with Crippen LogP contribution >= 0.6 is 0 Å². The van der Waals surface area contributed by atoms with Crippen molar-refractivity contribution in [2.45, 2.75) is 46.6 Å². The minimum atomic E-state index is -0.344. The van der Waals surface area contributed by atoms with Crippen molar-refractivity contribution in [2.75, 3.05) is 18.0 Å². The number of fused-ring (bicyclic) bond motifs is 1. The zero-order valence-corrected chi connectivity index (χ0v) is 14.2. The van der Waals surface area contributed by atoms with E-state index in [-0.39, 0.29) is 17.4 Å². The molecule has 1 fully saturated rings. The van der Waals surface area contributed by atoms with Crippen LogP contribution in [-0.2, 0) is 4.79 Å². The molecule has 3 rings (SSSR count). The second-order valence-electron chi connectivity index (χ2n) is 7.18. The second-order valence-corrected chi connectivity index (χ2v) is 7.18. The predicted molar refractivity (Wildman–Crippen MR) is 88.4 cm³/mol. The monoisotopic (exact) mass is 316 g/mol. The first-order chi connectivity index (χ1) is 10.9. The topological polar surface area (TPSA) is 75.4 Å². The van der Waals surface area contributed by atoms with Crippen molar-refractivity contribution in [1.29, 1.82) is 0 Å². The second kappa shape index (κ2) is 5.79. The molecule has 124 valence electrons. The molecule has 1 saturated heterocycles. The molecule has 0 aromatic carbocycles. The van der Waals surface area contributed by atoms with Gasteiger partial charge in [-0.25, -0.2) is 4.98 Å². The minimum absolute atomic E-state index is 0.115. The third-order valence-corrected chi connectivity index (χ3v) is 4.29. The molecule has 23 heavy (non-hydrogen) atoms. The van der Waals surface area contributed by atoms with Gasteiger partial charge >= 0.3 is 0 Å². The highest BCUT2D eigenvalue weighted by molar-refractivity contribution is 5.81. The predicted octanol–water partition coefficient (Wildman–Crippen LogP) is 1.56. The van der Waals surface area contributed by atoms with E-state index >= 15 is 0 Å². The van der Waals surface area contributed by atoms with Crippen LogP contribution in [0, 0.1) is 12.3 Å². The Labute approximate surface area is 136 Å². The molecule has 0 unspecified atom stereocenters. The van der Waals surface area contributed by atoms with E-state index in [1.807, 2.05) is 38.3 Å². The molecule has 1 amide bonds. The van der Waals surface area contributed by atoms with Gasteiger partial charge in [-0.05, 0) is 19.8 Å². The number of hydrogen-bond acceptors (Lipinski definition) is 5. The third-order valence-electron chi connectivity index (χ3n) is 4.29. The highest BCUT2D eigenvalue weighted by Crippen LogP contribution is 2.22. The van der Waals surface area contributed by atoms with Gasteiger partial charge < -0.3 is 10.2 Å². The first kappa shape index (κ1) is 15.7. The summed E-state index contributed by atoms with van der Waals surface area (Å²) in [5.41, 5.74) is 0.450. The summed E-state index contributed by atoms with van der Waals surface area (Å²) in [7, 11) is 0. The number of carbonyl (C=O) groups is 1. The van der Waals surface area contributed by atoms with Gasteiger partial charge in [0.1, 0.15) is 5.82 Å². The summed E-state index contributed by atoms with van der Waals surface area (Å²) in [6, 6.07) is 0.234. The summed E-state index contributed by atoms with van der Waals surface area (Å²) >= 11 is 0. The Morgan fingerprint density at radius 3 is 2.61 bits per heavy atom. The molecule has 1 aliphatic rings. The van der Waals surface area contributed by atoms with Crippen LogP contribution in [0.5, 0.6) is 0 Å². The van der Waals surface area contributed by atoms with Gasteiger partial charge in [0.05, 0.1) is 0 Å². The van der Waals surface area contributed by atoms with Crippen molar-refractivity contribution in [1.82, 2.24) is 24.9 Å². The molecular formula is C16H24N6O. The number of aryl methyl sites for hydroxylation is 1. The molecule has 7 nitrogen and oxygen atoms in total. The lowest BCUT2D eigenvalue weighted by atomic mass is 9.94. The summed E-state index contributed by atoms with van der Waals surface area (Å²) in [6.07, 6.45) is 5.49. The highest BCUT2D eigenvalue weighted by atomic mass is 16.2. The standard InChI is InChI=1S/C16H24N6O/c1-11-19-20-14-13(17-7-10-22(11)14)21-8-5-12(6-9-21)18-15(23)16(2,3)4/h7,10,12H,5-6,8-9H2,1-4H3,(H,18,23). The Morgan fingerprint density at radius 2 is 1.96 bits per heavy atom. The number of piperidine rings is 1. The van der Waals surface area contributed by atoms with E-state index in [0.717, 1.165) is 43.2 Å². The van der Waals surface area contributed by atoms with Gasteiger partial charge in [0, 0.05) is 36.9 Å². The van der Waals surface area contributed by atoms with E-state index in [1.165, 1.54) is 0 Å². The van der Waals surface area contributed by atoms with Crippen LogP contribution in [0.2, 0.25) is 0 Å². The number of carbonyl (C=O) groups excluding carboxylic acids is 1. The molecule has 0 bridgehead atoms. The Kier molecular flexibility index (Phi) is 3.95. The van der Waals surface area contributed by atoms with E-state index in [4.69, 9.17) is 0 Å². The van der Waals surface area contributed by atoms with Crippen LogP contribution in [0.25, 0.3) is 5.65 Å². The van der Waals surface area contributed by atoms with Crippen molar-refractivity contribution in [3.63, 3.8) is 0 Å². The molecule has 3 heterocycles. The lowest BCUT2D eigenvalue weighted by Crippen LogP contribution is -2.48. The van der Waals surface area contributed by atoms with E-state index in [2.05, 4.69) is 25.4 Å². The number of nitrogens with one attached hydrogen (secondary N) is 1. The Bertz CT molecular complexity index is 709. The SMILES string of the molecule is Cc1nnc2c(N3CCC(NC(=O)C(C)(C)C)CC3)nccn12. The Morgan fingerprint density at radius 1 is 1.26 bits per heavy atom. The molecule has 0 radical (unpaired) electrons. The van der Waals surface area contributed by atoms with E-state index in [1.54, 1.807) is 6.20 Å². The zero-order chi connectivity index (χ0) is 16.6. The average molecular weight is 316 g/mol. The molecule has 1 N–H and O–H groups in total. The van der Waals surface area contributed by atoms with Crippen molar-refractivity contribution < 1.29 is 4.79 Å². The summed E-state index contributed by atoms with van der Waals surface area (Å²) in [5, 5.41) is 11.5. The van der Waals surface area contributed by atoms with Crippen molar-refractivity contribution >= 4 is 17.4 Å². The van der Waals surface area contributed by atoms with Gasteiger partial charge in [-0.3, -0.25) is 9.20 Å². The number of hydrogen-bond donors (Lipinski definition) is 1. The summed E-state index contributed by atoms with van der Waals surface area (Å²) in [4.78, 5) is 18.8. The van der Waals surface area contributed by atoms with Gasteiger partial charge in [0.2, 0.25) is 11.6 Å². The molecule has 2 aromatic rings. The average Bonchev–Trinajstić information content (AvgIpc) is 2.89. The van der Waals surface area contributed by atoms with Crippen LogP contribution in [0.1, 0.15) is 39.4 Å². The highest BCUT2D eigenvalue weighted by Gasteiger charge is 2.27. The maximum atomic E-state index is 12.1. The van der Waals surface area contributed by atoms with E-state index in [0.29, 0.717) is 0 Å². The van der Waals surface area contributed by atoms with Gasteiger partial charge in [-0.15, -0.1) is 10.2 Å². The summed E-state index contributed by atoms with van der Waals surface area (Å²) < 4.78 is 1.95. The number of rotatable bonds is 2. The fourth-order valence-corrected chi connectivity index (χ4v) is 2.79. The number of amides is 1. The minimum Gasteiger partial charge on any atom is -0.353 e. The fraction of sp³-hybridized carbons (Fsp3) is 0.625. The first-order valence-electron chi connectivity index (χ1n) is 8.08. The van der Waals surface area contributed by atoms with Crippen molar-refractivity contribution in [2.24, 2.45) is 5.41 Å². The van der Waals surface area contributed by atoms with Crippen molar-refractivity contribution in [3.8, 4) is 0 Å². The van der Waals surface area contributed by atoms with E-state index in [9.17, 15) is 4.79 Å². The molecular weight excluding hydrogens is 292 g/mol. The fourth-order valence-electron chi connectivity index (χ4n) is 2.79. The van der Waals surface area contributed by atoms with Gasteiger partial charge in [-0.2, -0.15) is 0 Å². The normalized spacial score (nSPS) is 16.8. The van der Waals surface area contributed by atoms with Crippen LogP contribution < -0.4 is 10.2 Å². The van der Waals surface area contributed by atoms with Crippen LogP contribution in [0.3, 0.4) is 0 Å². The lowest BCUT2D eigenvalue weighted by molar-refractivity contribution is -0.129. The smallest absolute Gasteiger partial charge is 0.225 e. The molecule has 2 aromatic heterocycles. The third kappa shape index (κ3) is 3.13. The number of aromatic nitrogens is 4. The maximum absolute atomic E-state index is 12.1.